The van der Waals surface area contributed by atoms with Crippen LogP contribution in [0.5, 0.6) is 0 Å². The number of hydrogen-bond acceptors (Lipinski definition) is 2. The molecular formula is C12H8F6N2O. The van der Waals surface area contributed by atoms with E-state index < -0.39 is 30.1 Å². The molecule has 0 spiro atoms. The maximum absolute atomic E-state index is 12.7. The largest absolute Gasteiger partial charge is 0.416 e. The zero-order valence-corrected chi connectivity index (χ0v) is 10.2. The van der Waals surface area contributed by atoms with Crippen LogP contribution in [0.15, 0.2) is 24.4 Å². The van der Waals surface area contributed by atoms with Gasteiger partial charge in [-0.25, -0.2) is 4.98 Å². The van der Waals surface area contributed by atoms with Crippen molar-refractivity contribution in [1.29, 1.82) is 0 Å². The minimum atomic E-state index is -4.91. The summed E-state index contributed by atoms with van der Waals surface area (Å²) < 4.78 is 76.1. The van der Waals surface area contributed by atoms with E-state index in [0.29, 0.717) is 12.1 Å². The van der Waals surface area contributed by atoms with E-state index in [-0.39, 0.29) is 23.1 Å². The predicted molar refractivity (Wildman–Crippen MR) is 60.0 cm³/mol. The van der Waals surface area contributed by atoms with Gasteiger partial charge in [-0.3, -0.25) is 0 Å². The lowest BCUT2D eigenvalue weighted by Gasteiger charge is -2.13. The second-order valence-electron chi connectivity index (χ2n) is 4.21. The van der Waals surface area contributed by atoms with Gasteiger partial charge in [0.15, 0.2) is 0 Å². The highest BCUT2D eigenvalue weighted by molar-refractivity contribution is 5.59. The zero-order chi connectivity index (χ0) is 15.8. The van der Waals surface area contributed by atoms with E-state index in [9.17, 15) is 26.3 Å². The molecule has 1 aromatic heterocycles. The fraction of sp³-hybridized carbons (Fsp3) is 0.250. The molecular weight excluding hydrogens is 302 g/mol. The highest BCUT2D eigenvalue weighted by Crippen LogP contribution is 2.38. The van der Waals surface area contributed by atoms with Crippen LogP contribution in [0.25, 0.3) is 11.4 Å². The molecule has 2 aromatic rings. The van der Waals surface area contributed by atoms with Crippen molar-refractivity contribution in [1.82, 2.24) is 9.97 Å². The van der Waals surface area contributed by atoms with E-state index in [1.807, 2.05) is 0 Å². The molecule has 0 aliphatic heterocycles. The first kappa shape index (κ1) is 15.4. The SMILES string of the molecule is OCc1cnc(-c2cc(C(F)(F)F)cc(C(F)(F)F)c2)[nH]1. The number of hydrogen-bond donors (Lipinski definition) is 2. The van der Waals surface area contributed by atoms with E-state index in [1.165, 1.54) is 0 Å². The molecule has 21 heavy (non-hydrogen) atoms. The van der Waals surface area contributed by atoms with Gasteiger partial charge >= 0.3 is 12.4 Å². The van der Waals surface area contributed by atoms with Gasteiger partial charge in [0.05, 0.1) is 29.6 Å². The van der Waals surface area contributed by atoms with Crippen molar-refractivity contribution >= 4 is 0 Å². The number of benzene rings is 1. The molecule has 9 heteroatoms. The Kier molecular flexibility index (Phi) is 3.70. The van der Waals surface area contributed by atoms with Gasteiger partial charge in [-0.1, -0.05) is 0 Å². The molecule has 0 aliphatic rings. The first-order valence-electron chi connectivity index (χ1n) is 5.56. The van der Waals surface area contributed by atoms with E-state index in [1.54, 1.807) is 0 Å². The zero-order valence-electron chi connectivity index (χ0n) is 10.2. The fourth-order valence-corrected chi connectivity index (χ4v) is 1.68. The summed E-state index contributed by atoms with van der Waals surface area (Å²) in [6, 6.07) is 1.17. The minimum absolute atomic E-state index is 0.0411. The highest BCUT2D eigenvalue weighted by atomic mass is 19.4. The Morgan fingerprint density at radius 3 is 1.86 bits per heavy atom. The molecule has 0 radical (unpaired) electrons. The number of alkyl halides is 6. The number of aliphatic hydroxyl groups excluding tert-OH is 1. The van der Waals surface area contributed by atoms with Crippen LogP contribution >= 0.6 is 0 Å². The van der Waals surface area contributed by atoms with Gasteiger partial charge in [0.25, 0.3) is 0 Å². The van der Waals surface area contributed by atoms with Crippen LogP contribution in [-0.4, -0.2) is 15.1 Å². The van der Waals surface area contributed by atoms with Crippen LogP contribution in [0, 0.1) is 0 Å². The van der Waals surface area contributed by atoms with Gasteiger partial charge in [-0.05, 0) is 18.2 Å². The maximum Gasteiger partial charge on any atom is 0.416 e. The average molecular weight is 310 g/mol. The van der Waals surface area contributed by atoms with Crippen molar-refractivity contribution < 1.29 is 31.4 Å². The molecule has 0 fully saturated rings. The second-order valence-corrected chi connectivity index (χ2v) is 4.21. The molecule has 1 heterocycles. The topological polar surface area (TPSA) is 48.9 Å². The normalized spacial score (nSPS) is 12.7. The van der Waals surface area contributed by atoms with Gasteiger partial charge in [-0.15, -0.1) is 0 Å². The van der Waals surface area contributed by atoms with Gasteiger partial charge in [0.1, 0.15) is 5.82 Å². The number of aromatic nitrogens is 2. The fourth-order valence-electron chi connectivity index (χ4n) is 1.68. The summed E-state index contributed by atoms with van der Waals surface area (Å²) in [7, 11) is 0. The summed E-state index contributed by atoms with van der Waals surface area (Å²) in [6.07, 6.45) is -8.70. The average Bonchev–Trinajstić information content (AvgIpc) is 2.85. The van der Waals surface area contributed by atoms with Crippen molar-refractivity contribution in [2.45, 2.75) is 19.0 Å². The number of nitrogens with zero attached hydrogens (tertiary/aromatic N) is 1. The molecule has 114 valence electrons. The quantitative estimate of drug-likeness (QED) is 0.833. The number of rotatable bonds is 2. The number of halogens is 6. The third-order valence-electron chi connectivity index (χ3n) is 2.66. The first-order valence-corrected chi connectivity index (χ1v) is 5.56. The Balaban J connectivity index is 2.60. The number of nitrogens with one attached hydrogen (secondary N) is 1. The number of H-pyrrole nitrogens is 1. The molecule has 3 nitrogen and oxygen atoms in total. The predicted octanol–water partition coefficient (Wildman–Crippen LogP) is 3.61. The van der Waals surface area contributed by atoms with E-state index in [2.05, 4.69) is 9.97 Å². The Bertz CT molecular complexity index is 612. The van der Waals surface area contributed by atoms with E-state index in [4.69, 9.17) is 5.11 Å². The molecule has 2 N–H and O–H groups in total. The van der Waals surface area contributed by atoms with Crippen LogP contribution in [0.3, 0.4) is 0 Å². The smallest absolute Gasteiger partial charge is 0.390 e. The Morgan fingerprint density at radius 1 is 0.952 bits per heavy atom. The van der Waals surface area contributed by atoms with Crippen LogP contribution in [-0.2, 0) is 19.0 Å². The second kappa shape index (κ2) is 5.06. The molecule has 0 saturated heterocycles. The summed E-state index contributed by atoms with van der Waals surface area (Å²) in [5.41, 5.74) is -3.03. The summed E-state index contributed by atoms with van der Waals surface area (Å²) in [5.74, 6) is -0.185. The van der Waals surface area contributed by atoms with Crippen molar-refractivity contribution in [2.24, 2.45) is 0 Å². The van der Waals surface area contributed by atoms with Crippen molar-refractivity contribution in [3.63, 3.8) is 0 Å². The standard InChI is InChI=1S/C12H8F6N2O/c13-11(14,15)7-1-6(2-8(3-7)12(16,17)18)10-19-4-9(5-21)20-10/h1-4,21H,5H2,(H,19,20). The first-order chi connectivity index (χ1) is 9.61. The van der Waals surface area contributed by atoms with Crippen molar-refractivity contribution in [3.05, 3.63) is 41.2 Å². The van der Waals surface area contributed by atoms with Gasteiger partial charge < -0.3 is 10.1 Å². The highest BCUT2D eigenvalue weighted by Gasteiger charge is 2.37. The summed E-state index contributed by atoms with van der Waals surface area (Å²) >= 11 is 0. The molecule has 0 amide bonds. The van der Waals surface area contributed by atoms with Gasteiger partial charge in [-0.2, -0.15) is 26.3 Å². The monoisotopic (exact) mass is 310 g/mol. The Morgan fingerprint density at radius 2 is 1.48 bits per heavy atom. The van der Waals surface area contributed by atoms with E-state index in [0.717, 1.165) is 6.20 Å². The molecule has 0 saturated carbocycles. The number of imidazole rings is 1. The van der Waals surface area contributed by atoms with Crippen molar-refractivity contribution in [2.75, 3.05) is 0 Å². The molecule has 0 unspecified atom stereocenters. The molecule has 2 rings (SSSR count). The molecule has 1 aromatic carbocycles. The van der Waals surface area contributed by atoms with Crippen LogP contribution < -0.4 is 0 Å². The van der Waals surface area contributed by atoms with Gasteiger partial charge in [0.2, 0.25) is 0 Å². The Hall–Kier alpha value is -2.03. The lowest BCUT2D eigenvalue weighted by Crippen LogP contribution is -2.11. The number of aliphatic hydroxyl groups is 1. The molecule has 0 aliphatic carbocycles. The maximum atomic E-state index is 12.7. The molecule has 0 atom stereocenters. The van der Waals surface area contributed by atoms with Crippen molar-refractivity contribution in [3.8, 4) is 11.4 Å². The summed E-state index contributed by atoms with van der Waals surface area (Å²) in [4.78, 5) is 6.09. The van der Waals surface area contributed by atoms with E-state index >= 15 is 0 Å². The Labute approximate surface area is 114 Å². The third kappa shape index (κ3) is 3.35. The number of aromatic amines is 1. The van der Waals surface area contributed by atoms with Crippen LogP contribution in [0.1, 0.15) is 16.8 Å². The summed E-state index contributed by atoms with van der Waals surface area (Å²) in [5, 5.41) is 8.83. The minimum Gasteiger partial charge on any atom is -0.390 e. The van der Waals surface area contributed by atoms with Crippen LogP contribution in [0.4, 0.5) is 26.3 Å². The molecule has 0 bridgehead atoms. The lowest BCUT2D eigenvalue weighted by atomic mass is 10.0. The van der Waals surface area contributed by atoms with Crippen LogP contribution in [0.2, 0.25) is 0 Å². The summed E-state index contributed by atoms with van der Waals surface area (Å²) in [6.45, 7) is -0.460. The third-order valence-corrected chi connectivity index (χ3v) is 2.66. The van der Waals surface area contributed by atoms with Gasteiger partial charge in [0, 0.05) is 5.56 Å². The lowest BCUT2D eigenvalue weighted by molar-refractivity contribution is -0.143.